The van der Waals surface area contributed by atoms with E-state index in [0.717, 1.165) is 0 Å². The molecule has 0 saturated carbocycles. The molecule has 0 amide bonds. The standard InChI is InChI=1S/C6H11BrO4/c7-6-4(10)1-3(9)5(2-8)11-6/h3-6,8-10H,1-2H2/t3-,4?,5?,6+/m1/s1/i1D/t1-,3+,4?,5?,6-/m0. The van der Waals surface area contributed by atoms with Crippen molar-refractivity contribution in [1.29, 1.82) is 0 Å². The van der Waals surface area contributed by atoms with Crippen LogP contribution in [0.4, 0.5) is 0 Å². The zero-order chi connectivity index (χ0) is 9.30. The third kappa shape index (κ3) is 2.13. The van der Waals surface area contributed by atoms with Gasteiger partial charge in [0.15, 0.2) is 0 Å². The van der Waals surface area contributed by atoms with E-state index in [4.69, 9.17) is 11.2 Å². The summed E-state index contributed by atoms with van der Waals surface area (Å²) in [6.07, 6.45) is -4.04. The fraction of sp³-hybridized carbons (Fsp3) is 1.00. The van der Waals surface area contributed by atoms with E-state index in [9.17, 15) is 10.2 Å². The summed E-state index contributed by atoms with van der Waals surface area (Å²) in [4.78, 5) is 0. The zero-order valence-electron chi connectivity index (χ0n) is 6.72. The maximum atomic E-state index is 9.27. The van der Waals surface area contributed by atoms with E-state index in [2.05, 4.69) is 15.9 Å². The van der Waals surface area contributed by atoms with Crippen molar-refractivity contribution in [2.45, 2.75) is 29.7 Å². The second kappa shape index (κ2) is 3.82. The van der Waals surface area contributed by atoms with Crippen molar-refractivity contribution in [3.8, 4) is 0 Å². The minimum atomic E-state index is -1.14. The molecule has 1 rings (SSSR count). The van der Waals surface area contributed by atoms with Crippen LogP contribution >= 0.6 is 15.9 Å². The molecule has 1 saturated heterocycles. The minimum absolute atomic E-state index is 0.356. The van der Waals surface area contributed by atoms with Gasteiger partial charge in [-0.05, 0) is 0 Å². The molecule has 1 heterocycles. The lowest BCUT2D eigenvalue weighted by Crippen LogP contribution is -2.46. The maximum absolute atomic E-state index is 9.27. The first-order valence-electron chi connectivity index (χ1n) is 3.84. The van der Waals surface area contributed by atoms with Gasteiger partial charge in [0, 0.05) is 7.77 Å². The smallest absolute Gasteiger partial charge is 0.138 e. The Balaban J connectivity index is 2.63. The monoisotopic (exact) mass is 227 g/mol. The largest absolute Gasteiger partial charge is 0.394 e. The van der Waals surface area contributed by atoms with Crippen molar-refractivity contribution in [3.63, 3.8) is 0 Å². The van der Waals surface area contributed by atoms with Crippen LogP contribution in [0.25, 0.3) is 0 Å². The first-order valence-corrected chi connectivity index (χ1v) is 4.18. The van der Waals surface area contributed by atoms with Crippen molar-refractivity contribution >= 4 is 15.9 Å². The second-order valence-corrected chi connectivity index (χ2v) is 3.28. The minimum Gasteiger partial charge on any atom is -0.394 e. The normalized spacial score (nSPS) is 53.8. The van der Waals surface area contributed by atoms with Crippen LogP contribution in [0, 0.1) is 0 Å². The quantitative estimate of drug-likeness (QED) is 0.514. The van der Waals surface area contributed by atoms with Gasteiger partial charge in [0.1, 0.15) is 11.1 Å². The summed E-state index contributed by atoms with van der Waals surface area (Å²) in [5.41, 5.74) is 0. The van der Waals surface area contributed by atoms with E-state index < -0.39 is 29.7 Å². The SMILES string of the molecule is [2H][C@@H]1C(O)[C@@H](Br)OC(CO)[C@@H]1O. The second-order valence-electron chi connectivity index (χ2n) is 2.38. The fourth-order valence-electron chi connectivity index (χ4n) is 0.892. The average molecular weight is 228 g/mol. The van der Waals surface area contributed by atoms with Crippen LogP contribution in [0.1, 0.15) is 7.77 Å². The molecule has 0 radical (unpaired) electrons. The zero-order valence-corrected chi connectivity index (χ0v) is 7.31. The van der Waals surface area contributed by atoms with Gasteiger partial charge in [0.25, 0.3) is 0 Å². The first kappa shape index (κ1) is 7.94. The Bertz CT molecular complexity index is 154. The summed E-state index contributed by atoms with van der Waals surface area (Å²) in [7, 11) is 0. The third-order valence-corrected chi connectivity index (χ3v) is 2.29. The number of ether oxygens (including phenoxy) is 1. The Morgan fingerprint density at radius 2 is 2.18 bits per heavy atom. The lowest BCUT2D eigenvalue weighted by atomic mass is 10.0. The molecule has 0 spiro atoms. The number of hydrogen-bond acceptors (Lipinski definition) is 4. The van der Waals surface area contributed by atoms with Crippen molar-refractivity contribution in [2.75, 3.05) is 6.61 Å². The Hall–Kier alpha value is 0.320. The van der Waals surface area contributed by atoms with Crippen molar-refractivity contribution in [1.82, 2.24) is 0 Å². The number of rotatable bonds is 1. The van der Waals surface area contributed by atoms with Crippen molar-refractivity contribution < 1.29 is 21.4 Å². The topological polar surface area (TPSA) is 69.9 Å². The molecule has 2 unspecified atom stereocenters. The van der Waals surface area contributed by atoms with Gasteiger partial charge in [-0.3, -0.25) is 0 Å². The fourth-order valence-corrected chi connectivity index (χ4v) is 1.35. The molecule has 1 fully saturated rings. The molecule has 1 aliphatic rings. The summed E-state index contributed by atoms with van der Waals surface area (Å²) in [5.74, 6) is 0. The average Bonchev–Trinajstić information content (AvgIpc) is 2.08. The Morgan fingerprint density at radius 3 is 2.73 bits per heavy atom. The van der Waals surface area contributed by atoms with Gasteiger partial charge in [-0.15, -0.1) is 0 Å². The molecule has 5 heteroatoms. The lowest BCUT2D eigenvalue weighted by Gasteiger charge is -2.33. The van der Waals surface area contributed by atoms with Crippen LogP contribution in [0.2, 0.25) is 0 Å². The summed E-state index contributed by atoms with van der Waals surface area (Å²) in [6.45, 7) is -0.356. The molecule has 66 valence electrons. The van der Waals surface area contributed by atoms with Crippen molar-refractivity contribution in [3.05, 3.63) is 0 Å². The molecule has 0 aromatic rings. The molecule has 0 bridgehead atoms. The number of alkyl halides is 1. The predicted molar refractivity (Wildman–Crippen MR) is 41.3 cm³/mol. The van der Waals surface area contributed by atoms with Crippen LogP contribution < -0.4 is 0 Å². The van der Waals surface area contributed by atoms with Gasteiger partial charge in [-0.25, -0.2) is 0 Å². The molecular weight excluding hydrogens is 216 g/mol. The highest BCUT2D eigenvalue weighted by Crippen LogP contribution is 2.23. The molecule has 0 aliphatic carbocycles. The van der Waals surface area contributed by atoms with Crippen LogP contribution in [-0.2, 0) is 4.74 Å². The summed E-state index contributed by atoms with van der Waals surface area (Å²) >= 11 is 2.99. The van der Waals surface area contributed by atoms with E-state index in [1.165, 1.54) is 0 Å². The molecule has 0 aromatic heterocycles. The van der Waals surface area contributed by atoms with Gasteiger partial charge in [-0.1, -0.05) is 15.9 Å². The summed E-state index contributed by atoms with van der Waals surface area (Å²) < 4.78 is 12.3. The van der Waals surface area contributed by atoms with Gasteiger partial charge in [-0.2, -0.15) is 0 Å². The van der Waals surface area contributed by atoms with Gasteiger partial charge >= 0.3 is 0 Å². The summed E-state index contributed by atoms with van der Waals surface area (Å²) in [6, 6.07) is 0. The number of aliphatic hydroxyl groups excluding tert-OH is 3. The van der Waals surface area contributed by atoms with Crippen molar-refractivity contribution in [2.24, 2.45) is 0 Å². The molecule has 5 atom stereocenters. The molecule has 11 heavy (non-hydrogen) atoms. The highest BCUT2D eigenvalue weighted by atomic mass is 79.9. The van der Waals surface area contributed by atoms with Crippen LogP contribution in [0.5, 0.6) is 0 Å². The van der Waals surface area contributed by atoms with Crippen LogP contribution in [0.15, 0.2) is 0 Å². The van der Waals surface area contributed by atoms with E-state index in [1.54, 1.807) is 0 Å². The highest BCUT2D eigenvalue weighted by molar-refractivity contribution is 9.09. The van der Waals surface area contributed by atoms with Gasteiger partial charge in [0.05, 0.1) is 18.8 Å². The molecule has 3 N–H and O–H groups in total. The number of aliphatic hydroxyl groups is 3. The van der Waals surface area contributed by atoms with Crippen LogP contribution in [-0.4, -0.2) is 45.3 Å². The first-order chi connectivity index (χ1) is 5.57. The van der Waals surface area contributed by atoms with Gasteiger partial charge in [0.2, 0.25) is 0 Å². The predicted octanol–water partition coefficient (Wildman–Crippen LogP) is -0.790. The van der Waals surface area contributed by atoms with Gasteiger partial charge < -0.3 is 20.1 Å². The highest BCUT2D eigenvalue weighted by Gasteiger charge is 2.34. The molecule has 4 nitrogen and oxygen atoms in total. The third-order valence-electron chi connectivity index (χ3n) is 1.53. The molecule has 0 aromatic carbocycles. The van der Waals surface area contributed by atoms with Crippen LogP contribution in [0.3, 0.4) is 0 Å². The Labute approximate surface area is 74.3 Å². The molecule has 1 aliphatic heterocycles. The maximum Gasteiger partial charge on any atom is 0.138 e. The lowest BCUT2D eigenvalue weighted by molar-refractivity contribution is -0.147. The number of hydrogen-bond donors (Lipinski definition) is 3. The van der Waals surface area contributed by atoms with E-state index >= 15 is 0 Å². The van der Waals surface area contributed by atoms with E-state index in [0.29, 0.717) is 0 Å². The summed E-state index contributed by atoms with van der Waals surface area (Å²) in [5, 5.41) is 26.5. The van der Waals surface area contributed by atoms with E-state index in [1.807, 2.05) is 0 Å². The number of halogens is 1. The Kier molecular flexibility index (Phi) is 2.76. The Morgan fingerprint density at radius 1 is 1.55 bits per heavy atom. The van der Waals surface area contributed by atoms with E-state index in [-0.39, 0.29) is 6.61 Å². The molecular formula is C6H11BrO4.